The van der Waals surface area contributed by atoms with Crippen molar-refractivity contribution in [2.75, 3.05) is 26.4 Å². The number of rotatable bonds is 26. The molecule has 0 saturated carbocycles. The molecule has 0 aliphatic rings. The number of hydrogen-bond donors (Lipinski definition) is 0. The molecule has 0 saturated heterocycles. The van der Waals surface area contributed by atoms with E-state index in [1.807, 2.05) is 0 Å². The fraction of sp³-hybridized carbons (Fsp3) is 1.00. The zero-order valence-corrected chi connectivity index (χ0v) is 24.3. The summed E-state index contributed by atoms with van der Waals surface area (Å²) in [6, 6.07) is 0. The number of unbranched alkanes of at least 4 members (excludes halogenated alkanes) is 12. The van der Waals surface area contributed by atoms with Crippen molar-refractivity contribution >= 4 is 10.5 Å². The Morgan fingerprint density at radius 1 is 0.500 bits per heavy atom. The van der Waals surface area contributed by atoms with Crippen molar-refractivity contribution in [3.05, 3.63) is 0 Å². The Hall–Kier alpha value is 0.0169. The summed E-state index contributed by atoms with van der Waals surface area (Å²) in [4.78, 5) is 0. The van der Waals surface area contributed by atoms with Gasteiger partial charge in [0.25, 0.3) is 0 Å². The van der Waals surface area contributed by atoms with Gasteiger partial charge in [-0.3, -0.25) is 0 Å². The molecule has 0 aromatic heterocycles. The second-order valence-corrected chi connectivity index (χ2v) is 9.23. The van der Waals surface area contributed by atoms with Gasteiger partial charge in [0.2, 0.25) is 6.29 Å². The molecule has 194 valence electrons. The van der Waals surface area contributed by atoms with Gasteiger partial charge in [0, 0.05) is 0 Å². The van der Waals surface area contributed by atoms with Crippen LogP contribution in [0.2, 0.25) is 0 Å². The molecular weight excluding hydrogens is 420 g/mol. The molecule has 6 heteroatoms. The Morgan fingerprint density at radius 2 is 0.844 bits per heavy atom. The van der Waals surface area contributed by atoms with Crippen LogP contribution >= 0.6 is 0 Å². The average molecular weight is 477 g/mol. The molecule has 0 N–H and O–H groups in total. The summed E-state index contributed by atoms with van der Waals surface area (Å²) in [7, 11) is 0.495. The monoisotopic (exact) mass is 476 g/mol. The van der Waals surface area contributed by atoms with Crippen LogP contribution in [0.3, 0.4) is 0 Å². The highest BCUT2D eigenvalue weighted by Gasteiger charge is 2.44. The second-order valence-electron chi connectivity index (χ2n) is 8.82. The zero-order chi connectivity index (χ0) is 23.8. The first-order valence-electron chi connectivity index (χ1n) is 13.8. The Labute approximate surface area is 203 Å². The Morgan fingerprint density at radius 3 is 1.16 bits per heavy atom. The van der Waals surface area contributed by atoms with E-state index in [9.17, 15) is 0 Å². The minimum Gasteiger partial charge on any atom is -0.376 e. The standard InChI is InChI=1S/C26H56O5Si/c1-5-9-13-17-21-27-25(28-22-18-14-10-6-2)26(31-32,29-23-19-15-11-7-3)30-24-20-16-12-8-4/h25H,5-24H2,1-4,32H3. The summed E-state index contributed by atoms with van der Waals surface area (Å²) < 4.78 is 31.1. The predicted octanol–water partition coefficient (Wildman–Crippen LogP) is 6.65. The van der Waals surface area contributed by atoms with Gasteiger partial charge in [-0.15, -0.1) is 0 Å². The highest BCUT2D eigenvalue weighted by Crippen LogP contribution is 2.26. The lowest BCUT2D eigenvalue weighted by atomic mass is 10.2. The molecule has 0 rings (SSSR count). The first-order chi connectivity index (χ1) is 15.7. The quantitative estimate of drug-likeness (QED) is 0.0794. The third-order valence-electron chi connectivity index (χ3n) is 5.71. The van der Waals surface area contributed by atoms with E-state index in [1.165, 1.54) is 64.2 Å². The molecule has 0 unspecified atom stereocenters. The molecule has 0 aliphatic carbocycles. The lowest BCUT2D eigenvalue weighted by Gasteiger charge is -2.38. The second kappa shape index (κ2) is 24.2. The number of ether oxygens (including phenoxy) is 4. The highest BCUT2D eigenvalue weighted by atomic mass is 28.2. The Balaban J connectivity index is 5.07. The first kappa shape index (κ1) is 32.0. The van der Waals surface area contributed by atoms with E-state index in [-0.39, 0.29) is 0 Å². The molecule has 0 spiro atoms. The van der Waals surface area contributed by atoms with E-state index >= 15 is 0 Å². The molecule has 0 aromatic rings. The summed E-state index contributed by atoms with van der Waals surface area (Å²) in [5.74, 6) is -1.24. The minimum atomic E-state index is -1.24. The number of hydrogen-bond acceptors (Lipinski definition) is 5. The summed E-state index contributed by atoms with van der Waals surface area (Å²) >= 11 is 0. The molecule has 0 amide bonds. The molecule has 5 nitrogen and oxygen atoms in total. The van der Waals surface area contributed by atoms with E-state index in [0.717, 1.165) is 38.5 Å². The minimum absolute atomic E-state index is 0.495. The van der Waals surface area contributed by atoms with Gasteiger partial charge in [-0.1, -0.05) is 105 Å². The summed E-state index contributed by atoms with van der Waals surface area (Å²) in [5, 5.41) is 0. The van der Waals surface area contributed by atoms with E-state index in [4.69, 9.17) is 23.4 Å². The predicted molar refractivity (Wildman–Crippen MR) is 138 cm³/mol. The smallest absolute Gasteiger partial charge is 0.327 e. The third kappa shape index (κ3) is 16.6. The van der Waals surface area contributed by atoms with E-state index in [1.54, 1.807) is 0 Å². The van der Waals surface area contributed by atoms with Gasteiger partial charge in [-0.25, -0.2) is 0 Å². The fourth-order valence-corrected chi connectivity index (χ4v) is 4.00. The molecular formula is C26H56O5Si. The van der Waals surface area contributed by atoms with Gasteiger partial charge in [0.05, 0.1) is 26.4 Å². The topological polar surface area (TPSA) is 46.2 Å². The van der Waals surface area contributed by atoms with Crippen LogP contribution in [-0.4, -0.2) is 49.2 Å². The molecule has 32 heavy (non-hydrogen) atoms. The lowest BCUT2D eigenvalue weighted by Crippen LogP contribution is -2.53. The maximum absolute atomic E-state index is 6.29. The lowest BCUT2D eigenvalue weighted by molar-refractivity contribution is -0.430. The van der Waals surface area contributed by atoms with Crippen LogP contribution in [-0.2, 0) is 23.4 Å². The molecule has 0 atom stereocenters. The van der Waals surface area contributed by atoms with Crippen molar-refractivity contribution in [3.63, 3.8) is 0 Å². The Bertz CT molecular complexity index is 342. The highest BCUT2D eigenvalue weighted by molar-refractivity contribution is 5.98. The van der Waals surface area contributed by atoms with E-state index in [2.05, 4.69) is 27.7 Å². The van der Waals surface area contributed by atoms with Crippen LogP contribution in [0.5, 0.6) is 0 Å². The van der Waals surface area contributed by atoms with Gasteiger partial charge < -0.3 is 23.4 Å². The van der Waals surface area contributed by atoms with Gasteiger partial charge in [-0.05, 0) is 25.7 Å². The van der Waals surface area contributed by atoms with E-state index in [0.29, 0.717) is 36.9 Å². The van der Waals surface area contributed by atoms with Gasteiger partial charge in [0.15, 0.2) is 10.5 Å². The Kier molecular flexibility index (Phi) is 24.2. The summed E-state index contributed by atoms with van der Waals surface area (Å²) in [5.41, 5.74) is 0. The average Bonchev–Trinajstić information content (AvgIpc) is 2.81. The van der Waals surface area contributed by atoms with Crippen molar-refractivity contribution in [3.8, 4) is 0 Å². The fourth-order valence-electron chi connectivity index (χ4n) is 3.57. The molecule has 0 bridgehead atoms. The molecule has 0 aromatic carbocycles. The van der Waals surface area contributed by atoms with Crippen LogP contribution in [0.25, 0.3) is 0 Å². The van der Waals surface area contributed by atoms with Gasteiger partial charge >= 0.3 is 5.97 Å². The van der Waals surface area contributed by atoms with Crippen LogP contribution in [0.4, 0.5) is 0 Å². The summed E-state index contributed by atoms with van der Waals surface area (Å²) in [6.07, 6.45) is 17.8. The molecule has 0 radical (unpaired) electrons. The van der Waals surface area contributed by atoms with Crippen LogP contribution in [0.1, 0.15) is 130 Å². The van der Waals surface area contributed by atoms with Crippen LogP contribution in [0, 0.1) is 0 Å². The zero-order valence-electron chi connectivity index (χ0n) is 22.3. The van der Waals surface area contributed by atoms with Gasteiger partial charge in [-0.2, -0.15) is 0 Å². The van der Waals surface area contributed by atoms with Crippen molar-refractivity contribution in [1.29, 1.82) is 0 Å². The largest absolute Gasteiger partial charge is 0.376 e. The van der Waals surface area contributed by atoms with Crippen molar-refractivity contribution in [2.24, 2.45) is 0 Å². The molecule has 0 heterocycles. The molecule has 0 fully saturated rings. The van der Waals surface area contributed by atoms with Crippen molar-refractivity contribution in [1.82, 2.24) is 0 Å². The first-order valence-corrected chi connectivity index (χ1v) is 14.6. The maximum atomic E-state index is 6.29. The molecule has 0 aliphatic heterocycles. The van der Waals surface area contributed by atoms with Crippen LogP contribution < -0.4 is 0 Å². The third-order valence-corrected chi connectivity index (χ3v) is 6.28. The normalized spacial score (nSPS) is 12.3. The van der Waals surface area contributed by atoms with Crippen molar-refractivity contribution < 1.29 is 23.4 Å². The van der Waals surface area contributed by atoms with E-state index < -0.39 is 12.3 Å². The SMILES string of the molecule is CCCCCCOC(OCCCCCC)C(O[SiH3])(OCCCCCC)OCCCCCC. The summed E-state index contributed by atoms with van der Waals surface area (Å²) in [6.45, 7) is 11.4. The maximum Gasteiger partial charge on any atom is 0.327 e. The van der Waals surface area contributed by atoms with Gasteiger partial charge in [0.1, 0.15) is 0 Å². The van der Waals surface area contributed by atoms with Crippen LogP contribution in [0.15, 0.2) is 0 Å². The van der Waals surface area contributed by atoms with Crippen molar-refractivity contribution in [2.45, 2.75) is 143 Å².